The fourth-order valence-corrected chi connectivity index (χ4v) is 3.56. The topological polar surface area (TPSA) is 52.3 Å². The number of terminal acetylenes is 1. The first-order chi connectivity index (χ1) is 14.0. The van der Waals surface area contributed by atoms with Crippen LogP contribution >= 0.6 is 11.6 Å². The maximum Gasteiger partial charge on any atom is 0.325 e. The molecular formula is C25H22ClNO2. The molecule has 0 aliphatic carbocycles. The highest BCUT2D eigenvalue weighted by molar-refractivity contribution is 6.31. The molecule has 0 fully saturated rings. The number of aryl methyl sites for hydroxylation is 1. The molecule has 0 bridgehead atoms. The summed E-state index contributed by atoms with van der Waals surface area (Å²) >= 11 is 6.61. The number of carbonyl (C=O) groups is 1. The molecule has 146 valence electrons. The van der Waals surface area contributed by atoms with Gasteiger partial charge in [-0.15, -0.1) is 12.3 Å². The van der Waals surface area contributed by atoms with E-state index in [0.29, 0.717) is 10.6 Å². The minimum Gasteiger partial charge on any atom is -0.443 e. The van der Waals surface area contributed by atoms with E-state index in [1.54, 1.807) is 6.07 Å². The third-order valence-electron chi connectivity index (χ3n) is 4.79. The van der Waals surface area contributed by atoms with Crippen LogP contribution in [0.2, 0.25) is 5.02 Å². The summed E-state index contributed by atoms with van der Waals surface area (Å²) in [4.78, 5) is 13.0. The van der Waals surface area contributed by atoms with Crippen molar-refractivity contribution in [2.24, 2.45) is 5.73 Å². The summed E-state index contributed by atoms with van der Waals surface area (Å²) < 4.78 is 6.19. The fourth-order valence-electron chi connectivity index (χ4n) is 3.30. The summed E-state index contributed by atoms with van der Waals surface area (Å²) in [6.45, 7) is 2.00. The minimum atomic E-state index is -1.27. The molecule has 0 spiro atoms. The van der Waals surface area contributed by atoms with Gasteiger partial charge in [0.1, 0.15) is 6.04 Å². The van der Waals surface area contributed by atoms with Crippen molar-refractivity contribution in [3.8, 4) is 12.3 Å². The molecule has 3 aromatic rings. The molecule has 2 N–H and O–H groups in total. The number of rotatable bonds is 6. The molecule has 3 aromatic carbocycles. The number of nitrogens with two attached hydrogens (primary N) is 1. The fraction of sp³-hybridized carbons (Fsp3) is 0.160. The summed E-state index contributed by atoms with van der Waals surface area (Å²) in [5.41, 5.74) is 7.98. The standard InChI is InChI=1S/C25H22ClNO2/c1-3-9-23(27)24(28)29-25(19-10-5-4-6-11-19,20-16-14-18(2)15-17-20)21-12-7-8-13-22(21)26/h1,4-8,10-17,23H,9,27H2,2H3. The Morgan fingerprint density at radius 2 is 1.62 bits per heavy atom. The van der Waals surface area contributed by atoms with Gasteiger partial charge in [-0.2, -0.15) is 0 Å². The second kappa shape index (κ2) is 8.96. The Morgan fingerprint density at radius 3 is 2.24 bits per heavy atom. The molecular weight excluding hydrogens is 382 g/mol. The number of benzene rings is 3. The number of hydrogen-bond donors (Lipinski definition) is 1. The minimum absolute atomic E-state index is 0.0835. The molecule has 3 rings (SSSR count). The Kier molecular flexibility index (Phi) is 6.39. The van der Waals surface area contributed by atoms with Gasteiger partial charge >= 0.3 is 5.97 Å². The van der Waals surface area contributed by atoms with Gasteiger partial charge in [-0.1, -0.05) is 90.0 Å². The largest absolute Gasteiger partial charge is 0.443 e. The first-order valence-electron chi connectivity index (χ1n) is 9.28. The summed E-state index contributed by atoms with van der Waals surface area (Å²) in [5, 5.41) is 0.482. The van der Waals surface area contributed by atoms with Crippen LogP contribution in [0.5, 0.6) is 0 Å². The van der Waals surface area contributed by atoms with E-state index in [4.69, 9.17) is 28.5 Å². The molecule has 0 aliphatic rings. The van der Waals surface area contributed by atoms with E-state index < -0.39 is 17.6 Å². The molecule has 2 unspecified atom stereocenters. The van der Waals surface area contributed by atoms with E-state index in [2.05, 4.69) is 5.92 Å². The first-order valence-corrected chi connectivity index (χ1v) is 9.66. The van der Waals surface area contributed by atoms with E-state index in [0.717, 1.165) is 16.7 Å². The van der Waals surface area contributed by atoms with Gasteiger partial charge in [0.25, 0.3) is 0 Å². The summed E-state index contributed by atoms with van der Waals surface area (Å²) in [6, 6.07) is 23.7. The molecule has 4 heteroatoms. The lowest BCUT2D eigenvalue weighted by Crippen LogP contribution is -2.41. The van der Waals surface area contributed by atoms with Crippen LogP contribution < -0.4 is 5.73 Å². The second-order valence-corrected chi connectivity index (χ2v) is 7.24. The zero-order valence-electron chi connectivity index (χ0n) is 16.1. The van der Waals surface area contributed by atoms with Crippen molar-refractivity contribution in [1.82, 2.24) is 0 Å². The van der Waals surface area contributed by atoms with Gasteiger partial charge in [-0.25, -0.2) is 0 Å². The summed E-state index contributed by atoms with van der Waals surface area (Å²) in [7, 11) is 0. The third-order valence-corrected chi connectivity index (χ3v) is 5.12. The maximum absolute atomic E-state index is 13.0. The molecule has 0 saturated heterocycles. The molecule has 0 aromatic heterocycles. The van der Waals surface area contributed by atoms with Crippen molar-refractivity contribution in [3.05, 3.63) is 106 Å². The smallest absolute Gasteiger partial charge is 0.325 e. The average molecular weight is 404 g/mol. The number of ether oxygens (including phenoxy) is 1. The predicted octanol–water partition coefficient (Wildman–Crippen LogP) is 4.83. The quantitative estimate of drug-likeness (QED) is 0.364. The molecule has 0 saturated carbocycles. The number of esters is 1. The van der Waals surface area contributed by atoms with Gasteiger partial charge in [-0.3, -0.25) is 4.79 Å². The van der Waals surface area contributed by atoms with E-state index in [1.165, 1.54) is 0 Å². The zero-order chi connectivity index (χ0) is 20.9. The van der Waals surface area contributed by atoms with Crippen molar-refractivity contribution in [2.75, 3.05) is 0 Å². The maximum atomic E-state index is 13.0. The Bertz CT molecular complexity index is 1020. The molecule has 29 heavy (non-hydrogen) atoms. The Morgan fingerprint density at radius 1 is 1.03 bits per heavy atom. The van der Waals surface area contributed by atoms with Crippen LogP contribution in [0, 0.1) is 19.3 Å². The van der Waals surface area contributed by atoms with Crippen molar-refractivity contribution >= 4 is 17.6 Å². The van der Waals surface area contributed by atoms with Gasteiger partial charge in [-0.05, 0) is 13.0 Å². The monoisotopic (exact) mass is 403 g/mol. The lowest BCUT2D eigenvalue weighted by atomic mass is 9.79. The van der Waals surface area contributed by atoms with Crippen molar-refractivity contribution in [3.63, 3.8) is 0 Å². The lowest BCUT2D eigenvalue weighted by Gasteiger charge is -2.36. The van der Waals surface area contributed by atoms with E-state index in [1.807, 2.05) is 79.7 Å². The van der Waals surface area contributed by atoms with Gasteiger partial charge < -0.3 is 10.5 Å². The zero-order valence-corrected chi connectivity index (χ0v) is 16.9. The molecule has 0 aliphatic heterocycles. The van der Waals surface area contributed by atoms with Gasteiger partial charge in [0.2, 0.25) is 0 Å². The first kappa shape index (κ1) is 20.7. The van der Waals surface area contributed by atoms with Crippen LogP contribution in [0.25, 0.3) is 0 Å². The normalized spacial score (nSPS) is 13.7. The molecule has 2 atom stereocenters. The number of halogens is 1. The Balaban J connectivity index is 2.30. The van der Waals surface area contributed by atoms with E-state index in [9.17, 15) is 4.79 Å². The second-order valence-electron chi connectivity index (χ2n) is 6.83. The highest BCUT2D eigenvalue weighted by atomic mass is 35.5. The molecule has 0 radical (unpaired) electrons. The third kappa shape index (κ3) is 4.19. The van der Waals surface area contributed by atoms with E-state index in [-0.39, 0.29) is 6.42 Å². The van der Waals surface area contributed by atoms with Crippen LogP contribution in [-0.2, 0) is 15.1 Å². The van der Waals surface area contributed by atoms with Crippen molar-refractivity contribution < 1.29 is 9.53 Å². The Hall–Kier alpha value is -3.06. The van der Waals surface area contributed by atoms with Gasteiger partial charge in [0.05, 0.1) is 0 Å². The molecule has 0 heterocycles. The highest BCUT2D eigenvalue weighted by Crippen LogP contribution is 2.43. The summed E-state index contributed by atoms with van der Waals surface area (Å²) in [6.07, 6.45) is 5.43. The van der Waals surface area contributed by atoms with Crippen LogP contribution in [0.3, 0.4) is 0 Å². The van der Waals surface area contributed by atoms with Crippen LogP contribution in [0.15, 0.2) is 78.9 Å². The SMILES string of the molecule is C#CCC(N)C(=O)OC(c1ccccc1)(c1ccc(C)cc1)c1ccccc1Cl. The van der Waals surface area contributed by atoms with Crippen LogP contribution in [-0.4, -0.2) is 12.0 Å². The number of hydrogen-bond acceptors (Lipinski definition) is 3. The van der Waals surface area contributed by atoms with Crippen molar-refractivity contribution in [2.45, 2.75) is 25.0 Å². The molecule has 3 nitrogen and oxygen atoms in total. The van der Waals surface area contributed by atoms with Crippen LogP contribution in [0.1, 0.15) is 28.7 Å². The lowest BCUT2D eigenvalue weighted by molar-refractivity contribution is -0.155. The van der Waals surface area contributed by atoms with Crippen molar-refractivity contribution in [1.29, 1.82) is 0 Å². The van der Waals surface area contributed by atoms with Gasteiger partial charge in [0.15, 0.2) is 5.60 Å². The highest BCUT2D eigenvalue weighted by Gasteiger charge is 2.42. The van der Waals surface area contributed by atoms with Crippen LogP contribution in [0.4, 0.5) is 0 Å². The predicted molar refractivity (Wildman–Crippen MR) is 116 cm³/mol. The van der Waals surface area contributed by atoms with E-state index >= 15 is 0 Å². The van der Waals surface area contributed by atoms with Gasteiger partial charge in [0, 0.05) is 28.1 Å². The molecule has 0 amide bonds. The number of carbonyl (C=O) groups excluding carboxylic acids is 1. The Labute approximate surface area is 176 Å². The average Bonchev–Trinajstić information content (AvgIpc) is 2.74. The summed E-state index contributed by atoms with van der Waals surface area (Å²) in [5.74, 6) is 1.83.